The quantitative estimate of drug-likeness (QED) is 0.793. The van der Waals surface area contributed by atoms with Crippen molar-refractivity contribution in [2.75, 3.05) is 19.0 Å². The van der Waals surface area contributed by atoms with E-state index in [1.807, 2.05) is 13.8 Å². The average molecular weight is 259 g/mol. The number of halogens is 1. The van der Waals surface area contributed by atoms with Gasteiger partial charge < -0.3 is 15.2 Å². The topological polar surface area (TPSA) is 71.5 Å². The molecule has 1 aromatic heterocycles. The number of nitrogens with zero attached hydrogens (tertiary/aromatic N) is 1. The molecule has 94 valence electrons. The van der Waals surface area contributed by atoms with Crippen molar-refractivity contribution in [3.05, 3.63) is 22.8 Å². The smallest absolute Gasteiger partial charge is 0.339 e. The summed E-state index contributed by atoms with van der Waals surface area (Å²) < 4.78 is 5.04. The first kappa shape index (κ1) is 13.7. The van der Waals surface area contributed by atoms with Gasteiger partial charge in [0.15, 0.2) is 0 Å². The average Bonchev–Trinajstić information content (AvgIpc) is 2.15. The molecule has 0 unspecified atom stereocenters. The third kappa shape index (κ3) is 3.87. The molecular weight excluding hydrogens is 244 g/mol. The van der Waals surface area contributed by atoms with E-state index >= 15 is 0 Å². The van der Waals surface area contributed by atoms with Gasteiger partial charge in [-0.05, 0) is 26.0 Å². The normalized spacial score (nSPS) is 11.3. The number of hydrogen-bond donors (Lipinski definition) is 2. The Kier molecular flexibility index (Phi) is 4.31. The standard InChI is InChI=1S/C11H15ClN2O3/c1-11(2,6-17-3)14-9-7(10(15)16)4-5-8(12)13-9/h4-5H,6H2,1-3H3,(H,13,14)(H,15,16). The van der Waals surface area contributed by atoms with Crippen LogP contribution in [0.3, 0.4) is 0 Å². The van der Waals surface area contributed by atoms with Crippen LogP contribution in [0.1, 0.15) is 24.2 Å². The van der Waals surface area contributed by atoms with Crippen LogP contribution in [0.2, 0.25) is 5.15 Å². The Morgan fingerprint density at radius 2 is 2.24 bits per heavy atom. The number of carboxylic acid groups (broad SMARTS) is 1. The molecule has 0 aliphatic rings. The van der Waals surface area contributed by atoms with Crippen LogP contribution in [-0.4, -0.2) is 35.3 Å². The van der Waals surface area contributed by atoms with Crippen LogP contribution >= 0.6 is 11.6 Å². The van der Waals surface area contributed by atoms with Gasteiger partial charge in [-0.1, -0.05) is 11.6 Å². The molecule has 0 atom stereocenters. The molecule has 0 aromatic carbocycles. The molecule has 0 spiro atoms. The van der Waals surface area contributed by atoms with Gasteiger partial charge in [0, 0.05) is 7.11 Å². The Hall–Kier alpha value is -1.33. The minimum Gasteiger partial charge on any atom is -0.478 e. The zero-order valence-corrected chi connectivity index (χ0v) is 10.7. The van der Waals surface area contributed by atoms with E-state index < -0.39 is 11.5 Å². The van der Waals surface area contributed by atoms with Gasteiger partial charge in [0.1, 0.15) is 16.5 Å². The number of carboxylic acids is 1. The highest BCUT2D eigenvalue weighted by atomic mass is 35.5. The molecule has 1 heterocycles. The molecule has 0 radical (unpaired) electrons. The predicted molar refractivity (Wildman–Crippen MR) is 65.8 cm³/mol. The lowest BCUT2D eigenvalue weighted by atomic mass is 10.1. The maximum absolute atomic E-state index is 11.0. The molecule has 0 aliphatic heterocycles. The fraction of sp³-hybridized carbons (Fsp3) is 0.455. The van der Waals surface area contributed by atoms with Crippen molar-refractivity contribution < 1.29 is 14.6 Å². The van der Waals surface area contributed by atoms with Crippen LogP contribution in [0.15, 0.2) is 12.1 Å². The number of methoxy groups -OCH3 is 1. The second-order valence-electron chi connectivity index (χ2n) is 4.28. The number of nitrogens with one attached hydrogen (secondary N) is 1. The summed E-state index contributed by atoms with van der Waals surface area (Å²) in [6.07, 6.45) is 0. The third-order valence-corrected chi connectivity index (χ3v) is 2.26. The summed E-state index contributed by atoms with van der Waals surface area (Å²) in [5.41, 5.74) is -0.352. The molecule has 5 nitrogen and oxygen atoms in total. The fourth-order valence-electron chi connectivity index (χ4n) is 1.42. The highest BCUT2D eigenvalue weighted by molar-refractivity contribution is 6.29. The van der Waals surface area contributed by atoms with E-state index in [4.69, 9.17) is 21.4 Å². The number of hydrogen-bond acceptors (Lipinski definition) is 4. The van der Waals surface area contributed by atoms with Crippen molar-refractivity contribution in [1.29, 1.82) is 0 Å². The van der Waals surface area contributed by atoms with Crippen LogP contribution in [0.4, 0.5) is 5.82 Å². The Balaban J connectivity index is 3.04. The van der Waals surface area contributed by atoms with E-state index in [1.54, 1.807) is 7.11 Å². The van der Waals surface area contributed by atoms with Crippen LogP contribution in [0.25, 0.3) is 0 Å². The minimum absolute atomic E-state index is 0.0820. The van der Waals surface area contributed by atoms with Gasteiger partial charge in [0.2, 0.25) is 0 Å². The van der Waals surface area contributed by atoms with Gasteiger partial charge in [-0.3, -0.25) is 0 Å². The first-order valence-corrected chi connectivity index (χ1v) is 5.40. The summed E-state index contributed by atoms with van der Waals surface area (Å²) in [5, 5.41) is 12.3. The zero-order chi connectivity index (χ0) is 13.1. The summed E-state index contributed by atoms with van der Waals surface area (Å²) in [5.74, 6) is -0.808. The first-order chi connectivity index (χ1) is 7.85. The largest absolute Gasteiger partial charge is 0.478 e. The number of anilines is 1. The molecule has 1 rings (SSSR count). The second-order valence-corrected chi connectivity index (χ2v) is 4.66. The molecule has 2 N–H and O–H groups in total. The van der Waals surface area contributed by atoms with E-state index in [9.17, 15) is 4.79 Å². The molecule has 0 saturated carbocycles. The van der Waals surface area contributed by atoms with Crippen molar-refractivity contribution in [2.45, 2.75) is 19.4 Å². The van der Waals surface area contributed by atoms with E-state index in [-0.39, 0.29) is 16.5 Å². The first-order valence-electron chi connectivity index (χ1n) is 5.03. The van der Waals surface area contributed by atoms with Crippen molar-refractivity contribution in [2.24, 2.45) is 0 Å². The van der Waals surface area contributed by atoms with Gasteiger partial charge in [0.05, 0.1) is 12.1 Å². The summed E-state index contributed by atoms with van der Waals surface area (Å²) in [6.45, 7) is 4.18. The molecule has 0 saturated heterocycles. The van der Waals surface area contributed by atoms with E-state index in [0.717, 1.165) is 0 Å². The SMILES string of the molecule is COCC(C)(C)Nc1nc(Cl)ccc1C(=O)O. The van der Waals surface area contributed by atoms with Gasteiger partial charge >= 0.3 is 5.97 Å². The van der Waals surface area contributed by atoms with Crippen LogP contribution in [0.5, 0.6) is 0 Å². The highest BCUT2D eigenvalue weighted by Crippen LogP contribution is 2.20. The highest BCUT2D eigenvalue weighted by Gasteiger charge is 2.21. The molecule has 0 bridgehead atoms. The lowest BCUT2D eigenvalue weighted by Crippen LogP contribution is -2.36. The van der Waals surface area contributed by atoms with E-state index in [0.29, 0.717) is 6.61 Å². The third-order valence-electron chi connectivity index (χ3n) is 2.05. The molecule has 0 aliphatic carbocycles. The lowest BCUT2D eigenvalue weighted by Gasteiger charge is -2.26. The molecule has 1 aromatic rings. The molecule has 17 heavy (non-hydrogen) atoms. The number of aromatic carboxylic acids is 1. The second kappa shape index (κ2) is 5.33. The van der Waals surface area contributed by atoms with Crippen LogP contribution < -0.4 is 5.32 Å². The number of carbonyl (C=O) groups is 1. The van der Waals surface area contributed by atoms with Gasteiger partial charge in [-0.25, -0.2) is 9.78 Å². The Morgan fingerprint density at radius 3 is 2.76 bits per heavy atom. The molecule has 6 heteroatoms. The van der Waals surface area contributed by atoms with Gasteiger partial charge in [0.25, 0.3) is 0 Å². The van der Waals surface area contributed by atoms with Gasteiger partial charge in [-0.2, -0.15) is 0 Å². The summed E-state index contributed by atoms with van der Waals surface area (Å²) in [6, 6.07) is 2.86. The van der Waals surface area contributed by atoms with Crippen molar-refractivity contribution in [3.8, 4) is 0 Å². The van der Waals surface area contributed by atoms with Gasteiger partial charge in [-0.15, -0.1) is 0 Å². The fourth-order valence-corrected chi connectivity index (χ4v) is 1.57. The minimum atomic E-state index is -1.05. The van der Waals surface area contributed by atoms with Crippen LogP contribution in [0, 0.1) is 0 Å². The molecular formula is C11H15ClN2O3. The number of ether oxygens (including phenoxy) is 1. The van der Waals surface area contributed by atoms with Crippen LogP contribution in [-0.2, 0) is 4.74 Å². The molecule has 0 amide bonds. The van der Waals surface area contributed by atoms with E-state index in [2.05, 4.69) is 10.3 Å². The molecule has 0 fully saturated rings. The van der Waals surface area contributed by atoms with E-state index in [1.165, 1.54) is 12.1 Å². The van der Waals surface area contributed by atoms with Crippen molar-refractivity contribution >= 4 is 23.4 Å². The Labute approximate surface area is 105 Å². The summed E-state index contributed by atoms with van der Waals surface area (Å²) in [4.78, 5) is 15.0. The monoisotopic (exact) mass is 258 g/mol. The van der Waals surface area contributed by atoms with Crippen molar-refractivity contribution in [1.82, 2.24) is 4.98 Å². The number of aromatic nitrogens is 1. The number of pyridine rings is 1. The summed E-state index contributed by atoms with van der Waals surface area (Å²) in [7, 11) is 1.58. The lowest BCUT2D eigenvalue weighted by molar-refractivity contribution is 0.0697. The zero-order valence-electron chi connectivity index (χ0n) is 9.95. The predicted octanol–water partition coefficient (Wildman–Crippen LogP) is 2.27. The summed E-state index contributed by atoms with van der Waals surface area (Å²) >= 11 is 5.75. The Morgan fingerprint density at radius 1 is 1.59 bits per heavy atom. The van der Waals surface area contributed by atoms with Crippen molar-refractivity contribution in [3.63, 3.8) is 0 Å². The maximum Gasteiger partial charge on any atom is 0.339 e. The Bertz CT molecular complexity index is 421. The maximum atomic E-state index is 11.0. The number of rotatable bonds is 5.